The van der Waals surface area contributed by atoms with Crippen LogP contribution in [-0.4, -0.2) is 88.3 Å². The van der Waals surface area contributed by atoms with Crippen LogP contribution in [0.4, 0.5) is 26.3 Å². The van der Waals surface area contributed by atoms with Gasteiger partial charge in [-0.05, 0) is 25.7 Å². The van der Waals surface area contributed by atoms with Crippen molar-refractivity contribution in [3.63, 3.8) is 0 Å². The quantitative estimate of drug-likeness (QED) is 0.231. The number of hydrogen-bond acceptors (Lipinski definition) is 7. The van der Waals surface area contributed by atoms with Gasteiger partial charge in [0.05, 0.1) is 19.6 Å². The second-order valence-corrected chi connectivity index (χ2v) is 13.6. The molecular formula is C15H30F6N2O7S2Si. The highest BCUT2D eigenvalue weighted by atomic mass is 32.3. The minimum atomic E-state index is -6.72. The number of sulfonamides is 2. The standard InChI is InChI=1S/C13H30NO3Si.C2F6NO4S2/c1-5-6-10-14(11-8-7-9-12-14)13-18(15-2,16-3)17-4;3-1(4,5)14(10,11)9-15(12,13)2(6,7)8/h5-13H2,1-4H3;/q+1;-1. The predicted octanol–water partition coefficient (Wildman–Crippen LogP) is 3.26. The van der Waals surface area contributed by atoms with Gasteiger partial charge in [-0.3, -0.25) is 0 Å². The molecule has 1 fully saturated rings. The van der Waals surface area contributed by atoms with Crippen molar-refractivity contribution in [2.45, 2.75) is 50.0 Å². The monoisotopic (exact) mass is 556 g/mol. The summed E-state index contributed by atoms with van der Waals surface area (Å²) in [7, 11) is -10.7. The minimum absolute atomic E-state index is 0.778. The minimum Gasteiger partial charge on any atom is -0.421 e. The Balaban J connectivity index is 0.000000633. The molecule has 0 bridgehead atoms. The molecule has 0 spiro atoms. The van der Waals surface area contributed by atoms with Crippen molar-refractivity contribution in [1.82, 2.24) is 0 Å². The summed E-state index contributed by atoms with van der Waals surface area (Å²) in [5.41, 5.74) is -12.4. The lowest BCUT2D eigenvalue weighted by atomic mass is 10.1. The molecule has 1 rings (SSSR count). The number of piperidine rings is 1. The fourth-order valence-corrected chi connectivity index (χ4v) is 7.10. The zero-order chi connectivity index (χ0) is 26.2. The molecule has 1 aliphatic heterocycles. The Labute approximate surface area is 191 Å². The summed E-state index contributed by atoms with van der Waals surface area (Å²) < 4.78 is 127. The van der Waals surface area contributed by atoms with Gasteiger partial charge in [0.2, 0.25) is 0 Å². The van der Waals surface area contributed by atoms with E-state index >= 15 is 0 Å². The van der Waals surface area contributed by atoms with Gasteiger partial charge in [-0.15, -0.1) is 0 Å². The van der Waals surface area contributed by atoms with Crippen molar-refractivity contribution in [3.8, 4) is 0 Å². The maximum Gasteiger partial charge on any atom is 0.558 e. The second-order valence-electron chi connectivity index (χ2n) is 7.30. The van der Waals surface area contributed by atoms with E-state index in [9.17, 15) is 43.2 Å². The average Bonchev–Trinajstić information content (AvgIpc) is 2.69. The molecule has 0 N–H and O–H groups in total. The molecule has 0 amide bonds. The highest BCUT2D eigenvalue weighted by Gasteiger charge is 2.49. The SMILES string of the molecule is CCCC[N+]1(C[Si](OC)(OC)OC)CCCCC1.O=S(=O)([N-]S(=O)(=O)C(F)(F)F)C(F)(F)F. The summed E-state index contributed by atoms with van der Waals surface area (Å²) in [6, 6.07) is 0. The van der Waals surface area contributed by atoms with E-state index in [1.165, 1.54) is 51.7 Å². The Kier molecular flexibility index (Phi) is 12.3. The van der Waals surface area contributed by atoms with Gasteiger partial charge in [0.25, 0.3) is 0 Å². The number of rotatable bonds is 10. The molecule has 1 heterocycles. The van der Waals surface area contributed by atoms with Gasteiger partial charge in [0.1, 0.15) is 6.17 Å². The zero-order valence-corrected chi connectivity index (χ0v) is 21.3. The number of halogens is 6. The molecule has 1 saturated heterocycles. The molecule has 33 heavy (non-hydrogen) atoms. The number of hydrogen-bond donors (Lipinski definition) is 0. The molecule has 0 aromatic rings. The van der Waals surface area contributed by atoms with Crippen LogP contribution in [0.3, 0.4) is 0 Å². The maximum absolute atomic E-state index is 11.4. The molecule has 0 radical (unpaired) electrons. The lowest BCUT2D eigenvalue weighted by molar-refractivity contribution is -0.925. The smallest absolute Gasteiger partial charge is 0.421 e. The van der Waals surface area contributed by atoms with E-state index < -0.39 is 39.9 Å². The van der Waals surface area contributed by atoms with E-state index in [4.69, 9.17) is 13.3 Å². The third kappa shape index (κ3) is 9.58. The molecule has 200 valence electrons. The Morgan fingerprint density at radius 1 is 0.818 bits per heavy atom. The molecule has 9 nitrogen and oxygen atoms in total. The molecule has 0 aromatic carbocycles. The molecule has 0 atom stereocenters. The summed E-state index contributed by atoms with van der Waals surface area (Å²) in [5.74, 6) is 0. The summed E-state index contributed by atoms with van der Waals surface area (Å²) in [6.45, 7) is 6.01. The first-order valence-corrected chi connectivity index (χ1v) is 14.5. The van der Waals surface area contributed by atoms with E-state index in [0.29, 0.717) is 0 Å². The van der Waals surface area contributed by atoms with Gasteiger partial charge in [0.15, 0.2) is 20.0 Å². The van der Waals surface area contributed by atoms with Gasteiger partial charge in [-0.25, -0.2) is 16.8 Å². The molecule has 0 aliphatic carbocycles. The molecule has 1 aliphatic rings. The Bertz CT molecular complexity index is 746. The Hall–Kier alpha value is -0.503. The van der Waals surface area contributed by atoms with Crippen LogP contribution in [0.5, 0.6) is 0 Å². The van der Waals surface area contributed by atoms with Crippen LogP contribution in [0, 0.1) is 0 Å². The maximum atomic E-state index is 11.4. The lowest BCUT2D eigenvalue weighted by Gasteiger charge is -2.44. The third-order valence-corrected chi connectivity index (χ3v) is 10.7. The molecule has 0 aromatic heterocycles. The van der Waals surface area contributed by atoms with Gasteiger partial charge in [-0.1, -0.05) is 13.3 Å². The van der Waals surface area contributed by atoms with Crippen LogP contribution in [0.25, 0.3) is 4.13 Å². The highest BCUT2D eigenvalue weighted by Crippen LogP contribution is 2.36. The summed E-state index contributed by atoms with van der Waals surface area (Å²) in [6.07, 6.45) is 7.48. The van der Waals surface area contributed by atoms with Gasteiger partial charge in [0, 0.05) is 21.3 Å². The second kappa shape index (κ2) is 12.5. The van der Waals surface area contributed by atoms with Crippen LogP contribution in [0.2, 0.25) is 0 Å². The number of alkyl halides is 6. The van der Waals surface area contributed by atoms with Crippen LogP contribution in [0.1, 0.15) is 39.0 Å². The van der Waals surface area contributed by atoms with Gasteiger partial charge in [-0.2, -0.15) is 26.3 Å². The molecule has 18 heteroatoms. The highest BCUT2D eigenvalue weighted by molar-refractivity contribution is 8.13. The van der Waals surface area contributed by atoms with E-state index in [-0.39, 0.29) is 0 Å². The van der Waals surface area contributed by atoms with E-state index in [0.717, 1.165) is 14.8 Å². The zero-order valence-electron chi connectivity index (χ0n) is 18.7. The average molecular weight is 557 g/mol. The summed E-state index contributed by atoms with van der Waals surface area (Å²) >= 11 is 0. The molecular weight excluding hydrogens is 526 g/mol. The number of likely N-dealkylation sites (tertiary alicyclic amines) is 1. The van der Waals surface area contributed by atoms with Gasteiger partial charge < -0.3 is 21.9 Å². The van der Waals surface area contributed by atoms with Crippen molar-refractivity contribution in [1.29, 1.82) is 0 Å². The molecule has 0 saturated carbocycles. The van der Waals surface area contributed by atoms with Crippen LogP contribution >= 0.6 is 0 Å². The van der Waals surface area contributed by atoms with Crippen molar-refractivity contribution < 1.29 is 60.9 Å². The first kappa shape index (κ1) is 32.5. The van der Waals surface area contributed by atoms with Gasteiger partial charge >= 0.3 is 19.8 Å². The largest absolute Gasteiger partial charge is 0.558 e. The van der Waals surface area contributed by atoms with Crippen molar-refractivity contribution in [2.24, 2.45) is 0 Å². The van der Waals surface area contributed by atoms with E-state index in [2.05, 4.69) is 6.92 Å². The third-order valence-electron chi connectivity index (χ3n) is 4.99. The predicted molar refractivity (Wildman–Crippen MR) is 109 cm³/mol. The molecule has 0 unspecified atom stereocenters. The number of nitrogens with zero attached hydrogens (tertiary/aromatic N) is 2. The number of quaternary nitrogens is 1. The first-order chi connectivity index (χ1) is 14.9. The Morgan fingerprint density at radius 3 is 1.52 bits per heavy atom. The van der Waals surface area contributed by atoms with E-state index in [1.807, 2.05) is 0 Å². The van der Waals surface area contributed by atoms with Crippen LogP contribution in [-0.2, 0) is 33.3 Å². The normalized spacial score (nSPS) is 17.9. The van der Waals surface area contributed by atoms with Crippen molar-refractivity contribution in [3.05, 3.63) is 4.13 Å². The lowest BCUT2D eigenvalue weighted by Crippen LogP contribution is -2.64. The topological polar surface area (TPSA) is 110 Å². The van der Waals surface area contributed by atoms with Crippen LogP contribution < -0.4 is 0 Å². The summed E-state index contributed by atoms with van der Waals surface area (Å²) in [5, 5.41) is 0. The van der Waals surface area contributed by atoms with Crippen molar-refractivity contribution in [2.75, 3.05) is 47.1 Å². The van der Waals surface area contributed by atoms with Crippen molar-refractivity contribution >= 4 is 28.9 Å². The van der Waals surface area contributed by atoms with E-state index in [1.54, 1.807) is 21.3 Å². The number of unbranched alkanes of at least 4 members (excludes halogenated alkanes) is 1. The summed E-state index contributed by atoms with van der Waals surface area (Å²) in [4.78, 5) is 0. The fraction of sp³-hybridized carbons (Fsp3) is 1.00. The van der Waals surface area contributed by atoms with Crippen LogP contribution in [0.15, 0.2) is 0 Å². The fourth-order valence-electron chi connectivity index (χ4n) is 3.21. The Morgan fingerprint density at radius 2 is 1.21 bits per heavy atom. The first-order valence-electron chi connectivity index (χ1n) is 9.74.